The number of rotatable bonds is 7. The first-order valence-electron chi connectivity index (χ1n) is 5.64. The molecule has 0 saturated heterocycles. The molecule has 1 rings (SSSR count). The molecule has 1 aromatic rings. The third-order valence-electron chi connectivity index (χ3n) is 2.35. The quantitative estimate of drug-likeness (QED) is 0.604. The van der Waals surface area contributed by atoms with E-state index in [9.17, 15) is 8.42 Å². The number of nitrogens with zero attached hydrogens (tertiary/aromatic N) is 1. The highest BCUT2D eigenvalue weighted by Gasteiger charge is 2.10. The lowest BCUT2D eigenvalue weighted by Gasteiger charge is -2.06. The number of hydrogen-bond acceptors (Lipinski definition) is 3. The first kappa shape index (κ1) is 14.4. The fourth-order valence-electron chi connectivity index (χ4n) is 1.42. The largest absolute Gasteiger partial charge is 0.215 e. The lowest BCUT2D eigenvalue weighted by atomic mass is 10.2. The van der Waals surface area contributed by atoms with Crippen molar-refractivity contribution >= 4 is 10.0 Å². The van der Waals surface area contributed by atoms with Gasteiger partial charge in [0.1, 0.15) is 0 Å². The Morgan fingerprint density at radius 1 is 1.33 bits per heavy atom. The minimum atomic E-state index is -3.30. The maximum atomic E-state index is 11.7. The van der Waals surface area contributed by atoms with Crippen LogP contribution >= 0.6 is 0 Å². The van der Waals surface area contributed by atoms with Gasteiger partial charge in [-0.15, -0.1) is 6.58 Å². The minimum Gasteiger partial charge on any atom is -0.215 e. The molecule has 0 bridgehead atoms. The van der Waals surface area contributed by atoms with Crippen LogP contribution in [0.15, 0.2) is 36.9 Å². The van der Waals surface area contributed by atoms with Crippen molar-refractivity contribution < 1.29 is 8.42 Å². The second-order valence-electron chi connectivity index (χ2n) is 3.89. The number of unbranched alkanes of at least 4 members (excludes halogenated alkanes) is 1. The average Bonchev–Trinajstić information content (AvgIpc) is 2.35. The normalized spacial score (nSPS) is 10.8. The van der Waals surface area contributed by atoms with Gasteiger partial charge in [0, 0.05) is 6.54 Å². The molecule has 1 aromatic carbocycles. The average molecular weight is 264 g/mol. The smallest absolute Gasteiger partial charge is 0.215 e. The maximum Gasteiger partial charge on any atom is 0.215 e. The van der Waals surface area contributed by atoms with E-state index in [1.165, 1.54) is 0 Å². The summed E-state index contributed by atoms with van der Waals surface area (Å²) in [6.07, 6.45) is 3.30. The van der Waals surface area contributed by atoms with Gasteiger partial charge in [-0.1, -0.05) is 18.2 Å². The van der Waals surface area contributed by atoms with Crippen LogP contribution in [0.1, 0.15) is 24.0 Å². The summed E-state index contributed by atoms with van der Waals surface area (Å²) in [6, 6.07) is 8.53. The van der Waals surface area contributed by atoms with Crippen molar-refractivity contribution in [2.45, 2.75) is 18.6 Å². The van der Waals surface area contributed by atoms with E-state index in [1.54, 1.807) is 30.3 Å². The Morgan fingerprint density at radius 2 is 2.00 bits per heavy atom. The van der Waals surface area contributed by atoms with Gasteiger partial charge in [-0.3, -0.25) is 0 Å². The molecule has 4 nitrogen and oxygen atoms in total. The number of benzene rings is 1. The Kier molecular flexibility index (Phi) is 5.56. The molecule has 0 aliphatic carbocycles. The van der Waals surface area contributed by atoms with Gasteiger partial charge in [0.15, 0.2) is 0 Å². The third-order valence-corrected chi connectivity index (χ3v) is 3.70. The first-order chi connectivity index (χ1) is 8.57. The van der Waals surface area contributed by atoms with Crippen molar-refractivity contribution in [2.75, 3.05) is 6.54 Å². The highest BCUT2D eigenvalue weighted by atomic mass is 32.2. The molecule has 18 heavy (non-hydrogen) atoms. The van der Waals surface area contributed by atoms with Crippen LogP contribution in [-0.4, -0.2) is 15.0 Å². The summed E-state index contributed by atoms with van der Waals surface area (Å²) in [4.78, 5) is 0. The predicted molar refractivity (Wildman–Crippen MR) is 71.2 cm³/mol. The van der Waals surface area contributed by atoms with Gasteiger partial charge < -0.3 is 0 Å². The molecule has 0 saturated carbocycles. The second-order valence-corrected chi connectivity index (χ2v) is 5.70. The number of allylic oxidation sites excluding steroid dienone is 1. The van der Waals surface area contributed by atoms with E-state index in [1.807, 2.05) is 6.07 Å². The van der Waals surface area contributed by atoms with Gasteiger partial charge in [-0.2, -0.15) is 5.26 Å². The Balaban J connectivity index is 2.54. The summed E-state index contributed by atoms with van der Waals surface area (Å²) in [6.45, 7) is 4.00. The molecule has 0 radical (unpaired) electrons. The lowest BCUT2D eigenvalue weighted by Crippen LogP contribution is -2.26. The Hall–Kier alpha value is -1.64. The van der Waals surface area contributed by atoms with Crippen molar-refractivity contribution in [1.29, 1.82) is 5.26 Å². The summed E-state index contributed by atoms with van der Waals surface area (Å²) in [5.41, 5.74) is 1.19. The zero-order valence-electron chi connectivity index (χ0n) is 10.1. The molecular formula is C13H16N2O2S. The summed E-state index contributed by atoms with van der Waals surface area (Å²) in [7, 11) is -3.30. The number of nitriles is 1. The molecule has 1 N–H and O–H groups in total. The molecule has 0 fully saturated rings. The summed E-state index contributed by atoms with van der Waals surface area (Å²) in [5.74, 6) is -0.0627. The van der Waals surface area contributed by atoms with Gasteiger partial charge in [0.2, 0.25) is 10.0 Å². The van der Waals surface area contributed by atoms with Gasteiger partial charge >= 0.3 is 0 Å². The van der Waals surface area contributed by atoms with E-state index in [0.717, 1.165) is 12.8 Å². The molecule has 0 heterocycles. The first-order valence-corrected chi connectivity index (χ1v) is 7.30. The van der Waals surface area contributed by atoms with Crippen molar-refractivity contribution in [2.24, 2.45) is 0 Å². The standard InChI is InChI=1S/C13H16N2O2S/c1-2-3-4-9-15-18(16,17)11-13-7-5-12(10-14)6-8-13/h2,5-8,15H,1,3-4,9,11H2. The third kappa shape index (κ3) is 5.13. The maximum absolute atomic E-state index is 11.7. The van der Waals surface area contributed by atoms with Crippen LogP contribution in [0.3, 0.4) is 0 Å². The molecular weight excluding hydrogens is 248 g/mol. The summed E-state index contributed by atoms with van der Waals surface area (Å²) in [5, 5.41) is 8.64. The molecule has 0 spiro atoms. The van der Waals surface area contributed by atoms with E-state index in [2.05, 4.69) is 11.3 Å². The molecule has 0 amide bonds. The topological polar surface area (TPSA) is 70.0 Å². The number of hydrogen-bond donors (Lipinski definition) is 1. The summed E-state index contributed by atoms with van der Waals surface area (Å²) >= 11 is 0. The van der Waals surface area contributed by atoms with Crippen LogP contribution in [0.2, 0.25) is 0 Å². The molecule has 0 aliphatic rings. The molecule has 96 valence electrons. The van der Waals surface area contributed by atoms with Gasteiger partial charge in [-0.25, -0.2) is 13.1 Å². The summed E-state index contributed by atoms with van der Waals surface area (Å²) < 4.78 is 26.0. The highest BCUT2D eigenvalue weighted by molar-refractivity contribution is 7.88. The van der Waals surface area contributed by atoms with Crippen LogP contribution in [0.5, 0.6) is 0 Å². The highest BCUT2D eigenvalue weighted by Crippen LogP contribution is 2.07. The van der Waals surface area contributed by atoms with Crippen molar-refractivity contribution in [1.82, 2.24) is 4.72 Å². The fraction of sp³-hybridized carbons (Fsp3) is 0.308. The van der Waals surface area contributed by atoms with Crippen molar-refractivity contribution in [3.63, 3.8) is 0 Å². The van der Waals surface area contributed by atoms with Gasteiger partial charge in [0.05, 0.1) is 17.4 Å². The van der Waals surface area contributed by atoms with E-state index in [-0.39, 0.29) is 5.75 Å². The predicted octanol–water partition coefficient (Wildman–Crippen LogP) is 1.94. The van der Waals surface area contributed by atoms with Crippen LogP contribution in [0.25, 0.3) is 0 Å². The van der Waals surface area contributed by atoms with E-state index < -0.39 is 10.0 Å². The van der Waals surface area contributed by atoms with Crippen LogP contribution in [0, 0.1) is 11.3 Å². The molecule has 0 aromatic heterocycles. The zero-order valence-corrected chi connectivity index (χ0v) is 10.9. The Bertz CT molecular complexity index is 527. The van der Waals surface area contributed by atoms with Crippen LogP contribution < -0.4 is 4.72 Å². The second kappa shape index (κ2) is 6.94. The van der Waals surface area contributed by atoms with Crippen LogP contribution in [-0.2, 0) is 15.8 Å². The van der Waals surface area contributed by atoms with Crippen molar-refractivity contribution in [3.05, 3.63) is 48.0 Å². The monoisotopic (exact) mass is 264 g/mol. The zero-order chi connectivity index (χ0) is 13.4. The van der Waals surface area contributed by atoms with E-state index in [0.29, 0.717) is 17.7 Å². The Morgan fingerprint density at radius 3 is 2.56 bits per heavy atom. The SMILES string of the molecule is C=CCCCNS(=O)(=O)Cc1ccc(C#N)cc1. The van der Waals surface area contributed by atoms with Gasteiger partial charge in [0.25, 0.3) is 0 Å². The van der Waals surface area contributed by atoms with E-state index in [4.69, 9.17) is 5.26 Å². The Labute approximate surface area is 108 Å². The molecule has 0 aliphatic heterocycles. The number of nitrogens with one attached hydrogen (secondary N) is 1. The minimum absolute atomic E-state index is 0.0627. The molecule has 0 atom stereocenters. The van der Waals surface area contributed by atoms with Gasteiger partial charge in [-0.05, 0) is 30.5 Å². The van der Waals surface area contributed by atoms with Crippen LogP contribution in [0.4, 0.5) is 0 Å². The molecule has 5 heteroatoms. The fourth-order valence-corrected chi connectivity index (χ4v) is 2.61. The lowest BCUT2D eigenvalue weighted by molar-refractivity contribution is 0.578. The number of sulfonamides is 1. The molecule has 0 unspecified atom stereocenters. The van der Waals surface area contributed by atoms with Crippen molar-refractivity contribution in [3.8, 4) is 6.07 Å². The van der Waals surface area contributed by atoms with E-state index >= 15 is 0 Å².